The highest BCUT2D eigenvalue weighted by Crippen LogP contribution is 2.08. The second kappa shape index (κ2) is 11.3. The van der Waals surface area contributed by atoms with Crippen LogP contribution in [-0.2, 0) is 22.3 Å². The third-order valence-corrected chi connectivity index (χ3v) is 5.70. The van der Waals surface area contributed by atoms with E-state index in [0.717, 1.165) is 30.2 Å². The van der Waals surface area contributed by atoms with Gasteiger partial charge in [0.25, 0.3) is 0 Å². The number of sulfonamides is 1. The van der Waals surface area contributed by atoms with Gasteiger partial charge in [-0.15, -0.1) is 0 Å². The molecule has 7 nitrogen and oxygen atoms in total. The molecule has 0 spiro atoms. The third-order valence-electron chi connectivity index (χ3n) is 4.36. The molecule has 0 aliphatic heterocycles. The molecule has 0 bridgehead atoms. The summed E-state index contributed by atoms with van der Waals surface area (Å²) in [5.74, 6) is 0.743. The van der Waals surface area contributed by atoms with Crippen LogP contribution in [0.15, 0.2) is 29.3 Å². The Morgan fingerprint density at radius 2 is 1.59 bits per heavy atom. The molecule has 0 aromatic heterocycles. The van der Waals surface area contributed by atoms with Crippen LogP contribution in [0, 0.1) is 0 Å². The van der Waals surface area contributed by atoms with E-state index in [-0.39, 0.29) is 5.75 Å². The van der Waals surface area contributed by atoms with Gasteiger partial charge in [-0.3, -0.25) is 9.89 Å². The topological polar surface area (TPSA) is 85.8 Å². The second-order valence-electron chi connectivity index (χ2n) is 7.06. The molecule has 0 saturated carbocycles. The fourth-order valence-corrected chi connectivity index (χ4v) is 3.64. The van der Waals surface area contributed by atoms with Gasteiger partial charge >= 0.3 is 0 Å². The number of hydrogen-bond donors (Lipinski definition) is 3. The summed E-state index contributed by atoms with van der Waals surface area (Å²) in [6, 6.07) is 8.55. The highest BCUT2D eigenvalue weighted by Gasteiger charge is 2.12. The highest BCUT2D eigenvalue weighted by molar-refractivity contribution is 7.88. The Balaban J connectivity index is 2.48. The fourth-order valence-electron chi connectivity index (χ4n) is 2.87. The molecule has 0 aliphatic carbocycles. The summed E-state index contributed by atoms with van der Waals surface area (Å²) in [5, 5.41) is 6.63. The van der Waals surface area contributed by atoms with Gasteiger partial charge in [-0.2, -0.15) is 0 Å². The van der Waals surface area contributed by atoms with E-state index < -0.39 is 10.0 Å². The molecule has 1 aromatic carbocycles. The number of hydrogen-bond acceptors (Lipinski definition) is 4. The molecule has 154 valence electrons. The summed E-state index contributed by atoms with van der Waals surface area (Å²) in [7, 11) is -0.0655. The Morgan fingerprint density at radius 1 is 1.04 bits per heavy atom. The quantitative estimate of drug-likeness (QED) is 0.412. The van der Waals surface area contributed by atoms with Crippen molar-refractivity contribution in [3.8, 4) is 0 Å². The summed E-state index contributed by atoms with van der Waals surface area (Å²) < 4.78 is 25.5. The average Bonchev–Trinajstić information content (AvgIpc) is 2.61. The standard InChI is InChI=1S/C19H35N5O2S/c1-15(2)24(16(3)4)12-11-22-19(20-5)23-13-17-7-9-18(10-8-17)14-27(25,26)21-6/h7-10,15-16,21H,11-14H2,1-6H3,(H2,20,22,23). The lowest BCUT2D eigenvalue weighted by atomic mass is 10.1. The molecule has 3 N–H and O–H groups in total. The van der Waals surface area contributed by atoms with Crippen LogP contribution in [0.4, 0.5) is 0 Å². The SMILES string of the molecule is CN=C(NCCN(C(C)C)C(C)C)NCc1ccc(CS(=O)(=O)NC)cc1. The van der Waals surface area contributed by atoms with Crippen LogP contribution in [0.3, 0.4) is 0 Å². The normalized spacial score (nSPS) is 12.9. The number of benzene rings is 1. The first-order valence-electron chi connectivity index (χ1n) is 9.37. The van der Waals surface area contributed by atoms with E-state index in [0.29, 0.717) is 18.6 Å². The van der Waals surface area contributed by atoms with Gasteiger partial charge in [-0.25, -0.2) is 13.1 Å². The number of guanidine groups is 1. The maximum atomic E-state index is 11.6. The first-order chi connectivity index (χ1) is 12.7. The maximum absolute atomic E-state index is 11.6. The molecule has 8 heteroatoms. The van der Waals surface area contributed by atoms with Gasteiger partial charge in [0.05, 0.1) is 5.75 Å². The molecule has 0 saturated heterocycles. The first-order valence-corrected chi connectivity index (χ1v) is 11.0. The van der Waals surface area contributed by atoms with Gasteiger partial charge in [-0.1, -0.05) is 24.3 Å². The van der Waals surface area contributed by atoms with E-state index >= 15 is 0 Å². The minimum atomic E-state index is -3.24. The van der Waals surface area contributed by atoms with Gasteiger partial charge in [0.2, 0.25) is 10.0 Å². The molecule has 0 radical (unpaired) electrons. The van der Waals surface area contributed by atoms with Crippen LogP contribution in [0.1, 0.15) is 38.8 Å². The minimum absolute atomic E-state index is 0.0113. The molecule has 0 heterocycles. The summed E-state index contributed by atoms with van der Waals surface area (Å²) >= 11 is 0. The maximum Gasteiger partial charge on any atom is 0.215 e. The third kappa shape index (κ3) is 8.73. The number of aliphatic imine (C=N–C) groups is 1. The van der Waals surface area contributed by atoms with E-state index in [2.05, 4.69) is 52.9 Å². The molecule has 27 heavy (non-hydrogen) atoms. The van der Waals surface area contributed by atoms with Crippen LogP contribution >= 0.6 is 0 Å². The zero-order chi connectivity index (χ0) is 20.4. The lowest BCUT2D eigenvalue weighted by Crippen LogP contribution is -2.45. The Hall–Kier alpha value is -1.64. The Bertz CT molecular complexity index is 677. The van der Waals surface area contributed by atoms with E-state index in [1.54, 1.807) is 7.05 Å². The lowest BCUT2D eigenvalue weighted by molar-refractivity contribution is 0.178. The van der Waals surface area contributed by atoms with Crippen molar-refractivity contribution in [3.63, 3.8) is 0 Å². The number of nitrogens with one attached hydrogen (secondary N) is 3. The molecular formula is C19H35N5O2S. The van der Waals surface area contributed by atoms with Crippen molar-refractivity contribution >= 4 is 16.0 Å². The Morgan fingerprint density at radius 3 is 2.07 bits per heavy atom. The minimum Gasteiger partial charge on any atom is -0.355 e. The summed E-state index contributed by atoms with van der Waals surface area (Å²) in [4.78, 5) is 6.68. The summed E-state index contributed by atoms with van der Waals surface area (Å²) in [6.45, 7) is 11.2. The predicted octanol–water partition coefficient (Wildman–Crippen LogP) is 1.52. The van der Waals surface area contributed by atoms with Crippen LogP contribution in [0.5, 0.6) is 0 Å². The predicted molar refractivity (Wildman–Crippen MR) is 113 cm³/mol. The molecule has 0 fully saturated rings. The molecule has 0 aliphatic rings. The average molecular weight is 398 g/mol. The van der Waals surface area contributed by atoms with Crippen molar-refractivity contribution in [1.29, 1.82) is 0 Å². The molecule has 0 unspecified atom stereocenters. The Labute approximate surface area is 164 Å². The number of nitrogens with zero attached hydrogens (tertiary/aromatic N) is 2. The summed E-state index contributed by atoms with van der Waals surface area (Å²) in [6.07, 6.45) is 0. The van der Waals surface area contributed by atoms with Crippen LogP contribution in [0.2, 0.25) is 0 Å². The van der Waals surface area contributed by atoms with Crippen LogP contribution < -0.4 is 15.4 Å². The van der Waals surface area contributed by atoms with Gasteiger partial charge in [0.15, 0.2) is 5.96 Å². The first kappa shape index (κ1) is 23.4. The van der Waals surface area contributed by atoms with Gasteiger partial charge < -0.3 is 10.6 Å². The monoisotopic (exact) mass is 397 g/mol. The molecule has 1 aromatic rings. The van der Waals surface area contributed by atoms with E-state index in [1.165, 1.54) is 7.05 Å². The van der Waals surface area contributed by atoms with Crippen LogP contribution in [-0.4, -0.2) is 58.5 Å². The van der Waals surface area contributed by atoms with E-state index in [4.69, 9.17) is 0 Å². The summed E-state index contributed by atoms with van der Waals surface area (Å²) in [5.41, 5.74) is 1.83. The van der Waals surface area contributed by atoms with Gasteiger partial charge in [0, 0.05) is 38.8 Å². The second-order valence-corrected chi connectivity index (χ2v) is 8.98. The molecule has 1 rings (SSSR count). The van der Waals surface area contributed by atoms with Crippen molar-refractivity contribution in [2.45, 2.75) is 52.1 Å². The van der Waals surface area contributed by atoms with Gasteiger partial charge in [0.1, 0.15) is 0 Å². The van der Waals surface area contributed by atoms with Crippen molar-refractivity contribution in [3.05, 3.63) is 35.4 Å². The van der Waals surface area contributed by atoms with Crippen molar-refractivity contribution in [2.24, 2.45) is 4.99 Å². The highest BCUT2D eigenvalue weighted by atomic mass is 32.2. The van der Waals surface area contributed by atoms with Crippen molar-refractivity contribution < 1.29 is 8.42 Å². The number of rotatable bonds is 10. The lowest BCUT2D eigenvalue weighted by Gasteiger charge is -2.30. The zero-order valence-corrected chi connectivity index (χ0v) is 18.2. The Kier molecular flexibility index (Phi) is 9.76. The smallest absolute Gasteiger partial charge is 0.215 e. The van der Waals surface area contributed by atoms with Gasteiger partial charge in [-0.05, 0) is 45.9 Å². The van der Waals surface area contributed by atoms with Crippen molar-refractivity contribution in [1.82, 2.24) is 20.3 Å². The van der Waals surface area contributed by atoms with E-state index in [1.807, 2.05) is 24.3 Å². The molecule has 0 atom stereocenters. The zero-order valence-electron chi connectivity index (χ0n) is 17.4. The molecule has 0 amide bonds. The van der Waals surface area contributed by atoms with Crippen LogP contribution in [0.25, 0.3) is 0 Å². The largest absolute Gasteiger partial charge is 0.355 e. The van der Waals surface area contributed by atoms with E-state index in [9.17, 15) is 8.42 Å². The fraction of sp³-hybridized carbons (Fsp3) is 0.632. The molecular weight excluding hydrogens is 362 g/mol. The van der Waals surface area contributed by atoms with Crippen molar-refractivity contribution in [2.75, 3.05) is 27.2 Å².